The van der Waals surface area contributed by atoms with Gasteiger partial charge >= 0.3 is 0 Å². The maximum Gasteiger partial charge on any atom is 0.180 e. The number of aromatic nitrogens is 3. The predicted molar refractivity (Wildman–Crippen MR) is 75.2 cm³/mol. The molecule has 1 unspecified atom stereocenters. The smallest absolute Gasteiger partial charge is 0.180 e. The van der Waals surface area contributed by atoms with E-state index in [9.17, 15) is 0 Å². The lowest BCUT2D eigenvalue weighted by molar-refractivity contribution is 0.399. The van der Waals surface area contributed by atoms with Gasteiger partial charge in [0, 0.05) is 17.6 Å². The predicted octanol–water partition coefficient (Wildman–Crippen LogP) is 2.67. The quantitative estimate of drug-likeness (QED) is 0.903. The summed E-state index contributed by atoms with van der Waals surface area (Å²) < 4.78 is 2.27. The minimum Gasteiger partial charge on any atom is -0.375 e. The summed E-state index contributed by atoms with van der Waals surface area (Å²) in [6, 6.07) is 0. The first-order chi connectivity index (χ1) is 8.72. The van der Waals surface area contributed by atoms with Crippen molar-refractivity contribution in [1.82, 2.24) is 14.5 Å². The molecule has 2 N–H and O–H groups in total. The van der Waals surface area contributed by atoms with Gasteiger partial charge in [0.25, 0.3) is 0 Å². The van der Waals surface area contributed by atoms with E-state index in [4.69, 9.17) is 5.73 Å². The number of rotatable bonds is 2. The highest BCUT2D eigenvalue weighted by atomic mass is 32.1. The highest BCUT2D eigenvalue weighted by Crippen LogP contribution is 2.23. The summed E-state index contributed by atoms with van der Waals surface area (Å²) >= 11 is 1.46. The molecule has 0 saturated carbocycles. The van der Waals surface area contributed by atoms with Gasteiger partial charge in [-0.2, -0.15) is 0 Å². The van der Waals surface area contributed by atoms with Crippen molar-refractivity contribution in [3.8, 4) is 0 Å². The van der Waals surface area contributed by atoms with Crippen LogP contribution in [0.1, 0.15) is 30.4 Å². The molecule has 1 aliphatic rings. The second-order valence-corrected chi connectivity index (χ2v) is 5.71. The van der Waals surface area contributed by atoms with Gasteiger partial charge < -0.3 is 10.3 Å². The topological polar surface area (TPSA) is 56.7 Å². The third-order valence-corrected chi connectivity index (χ3v) is 4.00. The first-order valence-electron chi connectivity index (χ1n) is 6.15. The van der Waals surface area contributed by atoms with E-state index in [2.05, 4.69) is 21.5 Å². The molecule has 0 fully saturated rings. The molecule has 1 atom stereocenters. The first kappa shape index (κ1) is 11.5. The molecular weight excluding hydrogens is 244 g/mol. The van der Waals surface area contributed by atoms with Crippen molar-refractivity contribution < 1.29 is 0 Å². The number of fused-ring (bicyclic) bond motifs is 1. The van der Waals surface area contributed by atoms with E-state index in [0.717, 1.165) is 30.3 Å². The zero-order chi connectivity index (χ0) is 12.5. The molecule has 0 amide bonds. The fourth-order valence-electron chi connectivity index (χ4n) is 2.34. The van der Waals surface area contributed by atoms with E-state index < -0.39 is 0 Å². The molecule has 3 rings (SSSR count). The molecular formula is C13H16N4S. The van der Waals surface area contributed by atoms with Crippen molar-refractivity contribution in [2.45, 2.75) is 26.3 Å². The third-order valence-electron chi connectivity index (χ3n) is 3.31. The lowest BCUT2D eigenvalue weighted by Gasteiger charge is -2.20. The summed E-state index contributed by atoms with van der Waals surface area (Å²) in [5.41, 5.74) is 8.92. The number of hydrogen-bond acceptors (Lipinski definition) is 4. The van der Waals surface area contributed by atoms with Crippen molar-refractivity contribution in [3.63, 3.8) is 0 Å². The fraction of sp³-hybridized carbons (Fsp3) is 0.385. The lowest BCUT2D eigenvalue weighted by atomic mass is 9.99. The molecule has 3 heterocycles. The Morgan fingerprint density at radius 2 is 2.39 bits per heavy atom. The van der Waals surface area contributed by atoms with Crippen LogP contribution in [0.15, 0.2) is 11.7 Å². The van der Waals surface area contributed by atoms with E-state index in [1.165, 1.54) is 23.5 Å². The Morgan fingerprint density at radius 3 is 3.17 bits per heavy atom. The van der Waals surface area contributed by atoms with Crippen LogP contribution in [0.5, 0.6) is 0 Å². The Balaban J connectivity index is 1.83. The van der Waals surface area contributed by atoms with E-state index in [1.807, 2.05) is 23.9 Å². The summed E-state index contributed by atoms with van der Waals surface area (Å²) in [7, 11) is 0. The second-order valence-electron chi connectivity index (χ2n) is 4.82. The van der Waals surface area contributed by atoms with Gasteiger partial charge in [-0.15, -0.1) is 11.3 Å². The van der Waals surface area contributed by atoms with Gasteiger partial charge in [0.2, 0.25) is 0 Å². The number of hydrogen-bond donors (Lipinski definition) is 1. The minimum atomic E-state index is 0.607. The van der Waals surface area contributed by atoms with Crippen LogP contribution in [0.25, 0.3) is 12.2 Å². The number of nitrogens with zero attached hydrogens (tertiary/aromatic N) is 3. The van der Waals surface area contributed by atoms with Crippen molar-refractivity contribution in [1.29, 1.82) is 0 Å². The van der Waals surface area contributed by atoms with Crippen LogP contribution in [0.2, 0.25) is 0 Å². The largest absolute Gasteiger partial charge is 0.375 e. The summed E-state index contributed by atoms with van der Waals surface area (Å²) in [5.74, 6) is 0.752. The first-order valence-corrected chi connectivity index (χ1v) is 7.03. The monoisotopic (exact) mass is 260 g/mol. The average molecular weight is 260 g/mol. The summed E-state index contributed by atoms with van der Waals surface area (Å²) in [5, 5.41) is 2.56. The Bertz CT molecular complexity index is 582. The van der Waals surface area contributed by atoms with Crippen LogP contribution >= 0.6 is 11.3 Å². The van der Waals surface area contributed by atoms with Crippen LogP contribution in [0.4, 0.5) is 5.13 Å². The average Bonchev–Trinajstić information content (AvgIpc) is 2.92. The van der Waals surface area contributed by atoms with Crippen molar-refractivity contribution in [2.75, 3.05) is 5.73 Å². The van der Waals surface area contributed by atoms with Crippen LogP contribution in [0.3, 0.4) is 0 Å². The molecule has 5 heteroatoms. The van der Waals surface area contributed by atoms with Crippen LogP contribution < -0.4 is 5.73 Å². The zero-order valence-corrected chi connectivity index (χ0v) is 11.2. The highest BCUT2D eigenvalue weighted by Gasteiger charge is 2.17. The van der Waals surface area contributed by atoms with Gasteiger partial charge in [0.1, 0.15) is 0 Å². The van der Waals surface area contributed by atoms with E-state index >= 15 is 0 Å². The molecule has 0 bridgehead atoms. The SMILES string of the molecule is CC1CCc2c(C=Cc3csc(N)n3)ncn2C1. The molecule has 0 aliphatic carbocycles. The molecule has 0 aromatic carbocycles. The third kappa shape index (κ3) is 2.18. The zero-order valence-electron chi connectivity index (χ0n) is 10.3. The van der Waals surface area contributed by atoms with E-state index in [-0.39, 0.29) is 0 Å². The lowest BCUT2D eigenvalue weighted by Crippen LogP contribution is -2.17. The second kappa shape index (κ2) is 4.57. The van der Waals surface area contributed by atoms with Crippen LogP contribution in [0, 0.1) is 5.92 Å². The van der Waals surface area contributed by atoms with Crippen LogP contribution in [-0.4, -0.2) is 14.5 Å². The summed E-state index contributed by atoms with van der Waals surface area (Å²) in [6.07, 6.45) is 8.32. The fourth-order valence-corrected chi connectivity index (χ4v) is 2.87. The number of nitrogen functional groups attached to an aromatic ring is 1. The van der Waals surface area contributed by atoms with Gasteiger partial charge in [0.05, 0.1) is 17.7 Å². The van der Waals surface area contributed by atoms with Gasteiger partial charge in [-0.25, -0.2) is 9.97 Å². The Morgan fingerprint density at radius 1 is 1.50 bits per heavy atom. The van der Waals surface area contributed by atoms with Gasteiger partial charge in [-0.3, -0.25) is 0 Å². The van der Waals surface area contributed by atoms with Crippen LogP contribution in [-0.2, 0) is 13.0 Å². The summed E-state index contributed by atoms with van der Waals surface area (Å²) in [4.78, 5) is 8.68. The summed E-state index contributed by atoms with van der Waals surface area (Å²) in [6.45, 7) is 3.37. The molecule has 2 aromatic heterocycles. The minimum absolute atomic E-state index is 0.607. The van der Waals surface area contributed by atoms with Gasteiger partial charge in [-0.1, -0.05) is 6.92 Å². The number of imidazole rings is 1. The maximum absolute atomic E-state index is 5.61. The number of nitrogens with two attached hydrogens (primary N) is 1. The maximum atomic E-state index is 5.61. The van der Waals surface area contributed by atoms with Gasteiger partial charge in [0.15, 0.2) is 5.13 Å². The molecule has 0 saturated heterocycles. The van der Waals surface area contributed by atoms with Crippen molar-refractivity contribution in [3.05, 3.63) is 28.8 Å². The Hall–Kier alpha value is -1.62. The van der Waals surface area contributed by atoms with E-state index in [1.54, 1.807) is 0 Å². The molecule has 94 valence electrons. The highest BCUT2D eigenvalue weighted by molar-refractivity contribution is 7.13. The van der Waals surface area contributed by atoms with Crippen molar-refractivity contribution >= 4 is 28.6 Å². The molecule has 4 nitrogen and oxygen atoms in total. The molecule has 0 radical (unpaired) electrons. The number of thiazole rings is 1. The molecule has 2 aromatic rings. The Kier molecular flexibility index (Phi) is 2.91. The van der Waals surface area contributed by atoms with Crippen molar-refractivity contribution in [2.24, 2.45) is 5.92 Å². The standard InChI is InChI=1S/C13H16N4S/c1-9-2-5-12-11(15-8-17(12)6-9)4-3-10-7-18-13(14)16-10/h3-4,7-9H,2,5-6H2,1H3,(H2,14,16). The van der Waals surface area contributed by atoms with Gasteiger partial charge in [-0.05, 0) is 30.9 Å². The normalized spacial score (nSPS) is 19.3. The van der Waals surface area contributed by atoms with E-state index in [0.29, 0.717) is 5.13 Å². The molecule has 1 aliphatic heterocycles. The Labute approximate surface area is 110 Å². The molecule has 0 spiro atoms. The number of anilines is 1. The molecule has 18 heavy (non-hydrogen) atoms.